The molecule has 3 aromatic rings. The number of rotatable bonds is 3. The van der Waals surface area contributed by atoms with Gasteiger partial charge in [-0.1, -0.05) is 23.7 Å². The molecule has 1 N–H and O–H groups in total. The van der Waals surface area contributed by atoms with Crippen LogP contribution >= 0.6 is 11.6 Å². The molecule has 148 valence electrons. The van der Waals surface area contributed by atoms with Crippen LogP contribution in [-0.2, 0) is 4.74 Å². The number of nitrogens with zero attached hydrogens (tertiary/aromatic N) is 1. The summed E-state index contributed by atoms with van der Waals surface area (Å²) in [5.74, 6) is -0.162. The summed E-state index contributed by atoms with van der Waals surface area (Å²) in [7, 11) is 0. The summed E-state index contributed by atoms with van der Waals surface area (Å²) in [5, 5.41) is 10.4. The number of amides is 1. The first-order valence-corrected chi connectivity index (χ1v) is 9.88. The number of carbonyl (C=O) groups excluding carboxylic acids is 1. The number of carbonyl (C=O) groups is 1. The Morgan fingerprint density at radius 3 is 2.66 bits per heavy atom. The number of phenols is 1. The maximum atomic E-state index is 13.4. The molecule has 1 aromatic heterocycles. The second-order valence-corrected chi connectivity index (χ2v) is 7.84. The van der Waals surface area contributed by atoms with Crippen LogP contribution in [0.5, 0.6) is 5.75 Å². The van der Waals surface area contributed by atoms with Crippen molar-refractivity contribution in [1.29, 1.82) is 0 Å². The van der Waals surface area contributed by atoms with Crippen molar-refractivity contribution in [2.45, 2.75) is 25.0 Å². The predicted molar refractivity (Wildman–Crippen MR) is 107 cm³/mol. The van der Waals surface area contributed by atoms with Crippen LogP contribution in [0.2, 0.25) is 5.02 Å². The van der Waals surface area contributed by atoms with E-state index < -0.39 is 6.04 Å². The molecular formula is C22H18ClNO5. The lowest BCUT2D eigenvalue weighted by atomic mass is 9.98. The van der Waals surface area contributed by atoms with E-state index in [9.17, 15) is 14.7 Å². The molecule has 3 heterocycles. The van der Waals surface area contributed by atoms with E-state index in [4.69, 9.17) is 20.8 Å². The average Bonchev–Trinajstić information content (AvgIpc) is 3.32. The molecule has 0 spiro atoms. The Balaban J connectivity index is 1.71. The van der Waals surface area contributed by atoms with Crippen molar-refractivity contribution >= 4 is 28.5 Å². The molecule has 29 heavy (non-hydrogen) atoms. The van der Waals surface area contributed by atoms with Crippen molar-refractivity contribution in [1.82, 2.24) is 4.90 Å². The standard InChI is InChI=1S/C22H18ClNO5/c23-13-5-8-17-16(10-13)20(26)18-19(12-3-6-14(25)7-4-12)24(22(27)21(18)29-17)11-15-2-1-9-28-15/h3-8,10,15,19,25H,1-2,9,11H2/t15-,19+/m0/s1. The van der Waals surface area contributed by atoms with Gasteiger partial charge in [-0.25, -0.2) is 0 Å². The third-order valence-corrected chi connectivity index (χ3v) is 5.80. The lowest BCUT2D eigenvalue weighted by Gasteiger charge is -2.27. The molecule has 7 heteroatoms. The van der Waals surface area contributed by atoms with Crippen molar-refractivity contribution in [3.63, 3.8) is 0 Å². The number of aromatic hydroxyl groups is 1. The summed E-state index contributed by atoms with van der Waals surface area (Å²) in [6.07, 6.45) is 1.73. The smallest absolute Gasteiger partial charge is 0.291 e. The number of halogens is 1. The van der Waals surface area contributed by atoms with E-state index in [1.54, 1.807) is 47.4 Å². The van der Waals surface area contributed by atoms with E-state index in [0.717, 1.165) is 18.4 Å². The normalized spacial score (nSPS) is 21.1. The average molecular weight is 412 g/mol. The van der Waals surface area contributed by atoms with Gasteiger partial charge in [0.15, 0.2) is 5.43 Å². The number of fused-ring (bicyclic) bond motifs is 2. The molecule has 2 aliphatic heterocycles. The van der Waals surface area contributed by atoms with Gasteiger partial charge in [-0.2, -0.15) is 0 Å². The maximum absolute atomic E-state index is 13.4. The second kappa shape index (κ2) is 6.90. The minimum Gasteiger partial charge on any atom is -0.508 e. The summed E-state index contributed by atoms with van der Waals surface area (Å²) in [5.41, 5.74) is 1.08. The van der Waals surface area contributed by atoms with E-state index in [2.05, 4.69) is 0 Å². The first kappa shape index (κ1) is 18.2. The van der Waals surface area contributed by atoms with Crippen molar-refractivity contribution in [2.75, 3.05) is 13.2 Å². The first-order chi connectivity index (χ1) is 14.0. The van der Waals surface area contributed by atoms with Crippen LogP contribution in [-0.4, -0.2) is 35.2 Å². The minimum atomic E-state index is -0.609. The van der Waals surface area contributed by atoms with Gasteiger partial charge in [0.25, 0.3) is 5.91 Å². The summed E-state index contributed by atoms with van der Waals surface area (Å²) in [4.78, 5) is 28.3. The van der Waals surface area contributed by atoms with Gasteiger partial charge in [-0.15, -0.1) is 0 Å². The molecule has 0 unspecified atom stereocenters. The van der Waals surface area contributed by atoms with Gasteiger partial charge in [0, 0.05) is 18.2 Å². The molecule has 1 fully saturated rings. The Bertz CT molecular complexity index is 1160. The summed E-state index contributed by atoms with van der Waals surface area (Å²) >= 11 is 6.08. The SMILES string of the molecule is O=C1c2oc3ccc(Cl)cc3c(=O)c2[C@@H](c2ccc(O)cc2)N1C[C@@H]1CCCO1. The van der Waals surface area contributed by atoms with Gasteiger partial charge in [0.05, 0.1) is 23.1 Å². The Hall–Kier alpha value is -2.83. The van der Waals surface area contributed by atoms with Crippen molar-refractivity contribution < 1.29 is 19.1 Å². The molecule has 2 atom stereocenters. The lowest BCUT2D eigenvalue weighted by molar-refractivity contribution is 0.0486. The zero-order valence-electron chi connectivity index (χ0n) is 15.4. The molecule has 2 aliphatic rings. The van der Waals surface area contributed by atoms with Gasteiger partial charge in [0.1, 0.15) is 11.3 Å². The predicted octanol–water partition coefficient (Wildman–Crippen LogP) is 3.88. The number of hydrogen-bond acceptors (Lipinski definition) is 5. The van der Waals surface area contributed by atoms with E-state index in [-0.39, 0.29) is 28.9 Å². The maximum Gasteiger partial charge on any atom is 0.291 e. The van der Waals surface area contributed by atoms with Crippen molar-refractivity contribution in [3.05, 3.63) is 74.6 Å². The van der Waals surface area contributed by atoms with E-state index in [0.29, 0.717) is 34.7 Å². The highest BCUT2D eigenvalue weighted by Gasteiger charge is 2.43. The largest absolute Gasteiger partial charge is 0.508 e. The molecule has 2 aromatic carbocycles. The molecular weight excluding hydrogens is 394 g/mol. The van der Waals surface area contributed by atoms with Gasteiger partial charge < -0.3 is 19.2 Å². The third-order valence-electron chi connectivity index (χ3n) is 5.56. The number of benzene rings is 2. The van der Waals surface area contributed by atoms with Gasteiger partial charge in [-0.05, 0) is 48.7 Å². The molecule has 1 saturated heterocycles. The Kier molecular flexibility index (Phi) is 4.33. The van der Waals surface area contributed by atoms with Crippen LogP contribution in [0.4, 0.5) is 0 Å². The summed E-state index contributed by atoms with van der Waals surface area (Å²) in [6.45, 7) is 1.04. The highest BCUT2D eigenvalue weighted by Crippen LogP contribution is 2.39. The molecule has 0 radical (unpaired) electrons. The van der Waals surface area contributed by atoms with Crippen LogP contribution in [0, 0.1) is 0 Å². The van der Waals surface area contributed by atoms with Crippen LogP contribution in [0.3, 0.4) is 0 Å². The monoisotopic (exact) mass is 411 g/mol. The van der Waals surface area contributed by atoms with Crippen LogP contribution in [0.15, 0.2) is 51.7 Å². The van der Waals surface area contributed by atoms with E-state index >= 15 is 0 Å². The lowest BCUT2D eigenvalue weighted by Crippen LogP contribution is -2.36. The molecule has 6 nitrogen and oxygen atoms in total. The zero-order valence-corrected chi connectivity index (χ0v) is 16.2. The van der Waals surface area contributed by atoms with Gasteiger partial charge in [-0.3, -0.25) is 9.59 Å². The fourth-order valence-electron chi connectivity index (χ4n) is 4.19. The molecule has 0 bridgehead atoms. The Morgan fingerprint density at radius 2 is 1.93 bits per heavy atom. The Morgan fingerprint density at radius 1 is 1.14 bits per heavy atom. The number of phenolic OH excluding ortho intramolecular Hbond substituents is 1. The first-order valence-electron chi connectivity index (χ1n) is 9.50. The summed E-state index contributed by atoms with van der Waals surface area (Å²) in [6, 6.07) is 10.7. The fraction of sp³-hybridized carbons (Fsp3) is 0.273. The van der Waals surface area contributed by atoms with Crippen LogP contribution < -0.4 is 5.43 Å². The molecule has 0 aliphatic carbocycles. The molecule has 0 saturated carbocycles. The quantitative estimate of drug-likeness (QED) is 0.707. The number of hydrogen-bond donors (Lipinski definition) is 1. The molecule has 1 amide bonds. The van der Waals surface area contributed by atoms with Crippen molar-refractivity contribution in [2.24, 2.45) is 0 Å². The van der Waals surface area contributed by atoms with E-state index in [1.165, 1.54) is 0 Å². The van der Waals surface area contributed by atoms with Gasteiger partial charge >= 0.3 is 0 Å². The van der Waals surface area contributed by atoms with Crippen molar-refractivity contribution in [3.8, 4) is 5.75 Å². The van der Waals surface area contributed by atoms with Crippen LogP contribution in [0.25, 0.3) is 11.0 Å². The topological polar surface area (TPSA) is 80.0 Å². The van der Waals surface area contributed by atoms with E-state index in [1.807, 2.05) is 0 Å². The third kappa shape index (κ3) is 2.99. The highest BCUT2D eigenvalue weighted by atomic mass is 35.5. The number of ether oxygens (including phenoxy) is 1. The fourth-order valence-corrected chi connectivity index (χ4v) is 4.36. The second-order valence-electron chi connectivity index (χ2n) is 7.40. The van der Waals surface area contributed by atoms with Crippen LogP contribution in [0.1, 0.15) is 40.6 Å². The molecule has 5 rings (SSSR count). The minimum absolute atomic E-state index is 0.0564. The Labute approximate surface area is 171 Å². The zero-order chi connectivity index (χ0) is 20.1. The highest BCUT2D eigenvalue weighted by molar-refractivity contribution is 6.31. The summed E-state index contributed by atoms with van der Waals surface area (Å²) < 4.78 is 11.6. The van der Waals surface area contributed by atoms with Gasteiger partial charge in [0.2, 0.25) is 5.76 Å².